The molecule has 1 heterocycles. The molecule has 0 unspecified atom stereocenters. The Morgan fingerprint density at radius 1 is 1.06 bits per heavy atom. The summed E-state index contributed by atoms with van der Waals surface area (Å²) in [6.07, 6.45) is 4.19. The lowest BCUT2D eigenvalue weighted by molar-refractivity contribution is -0.137. The third kappa shape index (κ3) is 5.75. The molecule has 0 aliphatic heterocycles. The molecule has 166 valence electrons. The molecule has 0 spiro atoms. The van der Waals surface area contributed by atoms with Crippen LogP contribution >= 0.6 is 0 Å². The maximum atomic E-state index is 13.1. The number of amides is 2. The van der Waals surface area contributed by atoms with Gasteiger partial charge in [0.25, 0.3) is 0 Å². The summed E-state index contributed by atoms with van der Waals surface area (Å²) < 4.78 is 13.1. The summed E-state index contributed by atoms with van der Waals surface area (Å²) >= 11 is 0. The van der Waals surface area contributed by atoms with Crippen LogP contribution in [0.15, 0.2) is 54.6 Å². The molecule has 0 radical (unpaired) electrons. The zero-order valence-corrected chi connectivity index (χ0v) is 17.7. The van der Waals surface area contributed by atoms with Crippen molar-refractivity contribution in [2.45, 2.75) is 44.8 Å². The summed E-state index contributed by atoms with van der Waals surface area (Å²) in [5.74, 6) is -0.520. The highest BCUT2D eigenvalue weighted by Gasteiger charge is 2.22. The number of benzene rings is 2. The second-order valence-corrected chi connectivity index (χ2v) is 7.93. The van der Waals surface area contributed by atoms with Crippen LogP contribution in [0.25, 0.3) is 11.4 Å². The van der Waals surface area contributed by atoms with Gasteiger partial charge in [0, 0.05) is 18.2 Å². The van der Waals surface area contributed by atoms with Crippen molar-refractivity contribution in [3.63, 3.8) is 0 Å². The van der Waals surface area contributed by atoms with Gasteiger partial charge in [0.15, 0.2) is 0 Å². The van der Waals surface area contributed by atoms with Gasteiger partial charge in [0.1, 0.15) is 12.4 Å². The summed E-state index contributed by atoms with van der Waals surface area (Å²) in [6.45, 7) is 0.110. The Hall–Kier alpha value is -3.62. The molecule has 0 atom stereocenters. The van der Waals surface area contributed by atoms with Gasteiger partial charge in [-0.15, -0.1) is 10.2 Å². The van der Waals surface area contributed by atoms with Crippen LogP contribution in [-0.4, -0.2) is 49.5 Å². The van der Waals surface area contributed by atoms with Crippen LogP contribution < -0.4 is 5.32 Å². The van der Waals surface area contributed by atoms with Gasteiger partial charge < -0.3 is 10.2 Å². The third-order valence-corrected chi connectivity index (χ3v) is 5.46. The summed E-state index contributed by atoms with van der Waals surface area (Å²) in [4.78, 5) is 28.3. The zero-order chi connectivity index (χ0) is 22.3. The highest BCUT2D eigenvalue weighted by Crippen LogP contribution is 2.18. The van der Waals surface area contributed by atoms with Gasteiger partial charge >= 0.3 is 0 Å². The van der Waals surface area contributed by atoms with Crippen molar-refractivity contribution in [3.8, 4) is 11.4 Å². The van der Waals surface area contributed by atoms with Crippen LogP contribution in [0.5, 0.6) is 0 Å². The molecule has 1 fully saturated rings. The van der Waals surface area contributed by atoms with Crippen molar-refractivity contribution < 1.29 is 14.0 Å². The maximum absolute atomic E-state index is 13.1. The summed E-state index contributed by atoms with van der Waals surface area (Å²) in [5, 5.41) is 15.1. The molecule has 9 heteroatoms. The average molecular weight is 436 g/mol. The largest absolute Gasteiger partial charge is 0.352 e. The molecule has 0 bridgehead atoms. The maximum Gasteiger partial charge on any atom is 0.247 e. The first-order chi connectivity index (χ1) is 15.6. The second kappa shape index (κ2) is 10.1. The van der Waals surface area contributed by atoms with Gasteiger partial charge in [-0.05, 0) is 47.9 Å². The van der Waals surface area contributed by atoms with E-state index in [1.54, 1.807) is 12.1 Å². The molecule has 1 saturated carbocycles. The quantitative estimate of drug-likeness (QED) is 0.586. The molecule has 1 aliphatic rings. The summed E-state index contributed by atoms with van der Waals surface area (Å²) in [7, 11) is 0. The van der Waals surface area contributed by atoms with Crippen molar-refractivity contribution in [2.75, 3.05) is 6.54 Å². The van der Waals surface area contributed by atoms with E-state index >= 15 is 0 Å². The van der Waals surface area contributed by atoms with E-state index in [0.29, 0.717) is 17.9 Å². The third-order valence-electron chi connectivity index (χ3n) is 5.46. The van der Waals surface area contributed by atoms with Gasteiger partial charge in [-0.2, -0.15) is 4.80 Å². The molecule has 2 amide bonds. The number of hydrogen-bond donors (Lipinski definition) is 1. The first-order valence-electron chi connectivity index (χ1n) is 10.7. The minimum atomic E-state index is -0.358. The van der Waals surface area contributed by atoms with Crippen LogP contribution in [-0.2, 0) is 22.7 Å². The van der Waals surface area contributed by atoms with E-state index in [4.69, 9.17) is 0 Å². The monoisotopic (exact) mass is 436 g/mol. The smallest absolute Gasteiger partial charge is 0.247 e. The predicted molar refractivity (Wildman–Crippen MR) is 115 cm³/mol. The molecule has 1 aromatic heterocycles. The van der Waals surface area contributed by atoms with Crippen LogP contribution in [0.3, 0.4) is 0 Å². The molecule has 1 aliphatic carbocycles. The van der Waals surface area contributed by atoms with Gasteiger partial charge in [-0.25, -0.2) is 4.39 Å². The molecule has 2 aromatic carbocycles. The van der Waals surface area contributed by atoms with E-state index < -0.39 is 0 Å². The lowest BCUT2D eigenvalue weighted by Gasteiger charge is -2.23. The Morgan fingerprint density at radius 3 is 2.50 bits per heavy atom. The molecular formula is C23H25FN6O2. The van der Waals surface area contributed by atoms with Crippen molar-refractivity contribution in [1.82, 2.24) is 30.4 Å². The van der Waals surface area contributed by atoms with E-state index in [9.17, 15) is 14.0 Å². The molecule has 3 aromatic rings. The second-order valence-electron chi connectivity index (χ2n) is 7.93. The minimum Gasteiger partial charge on any atom is -0.352 e. The average Bonchev–Trinajstić information content (AvgIpc) is 3.47. The number of rotatable bonds is 8. The molecule has 1 N–H and O–H groups in total. The van der Waals surface area contributed by atoms with Crippen LogP contribution in [0.2, 0.25) is 0 Å². The Bertz CT molecular complexity index is 1050. The van der Waals surface area contributed by atoms with Crippen LogP contribution in [0, 0.1) is 5.82 Å². The van der Waals surface area contributed by atoms with Crippen molar-refractivity contribution in [1.29, 1.82) is 0 Å². The highest BCUT2D eigenvalue weighted by atomic mass is 19.1. The SMILES string of the molecule is O=C(CN(Cc1ccccc1)C(=O)Cn1nnc(-c2ccc(F)cc2)n1)NC1CCCC1. The summed E-state index contributed by atoms with van der Waals surface area (Å²) in [5.41, 5.74) is 1.52. The number of tetrazole rings is 1. The Morgan fingerprint density at radius 2 is 1.78 bits per heavy atom. The fourth-order valence-electron chi connectivity index (χ4n) is 3.80. The standard InChI is InChI=1S/C23H25FN6O2/c24-19-12-10-18(11-13-19)23-26-28-30(27-23)16-22(32)29(14-17-6-2-1-3-7-17)15-21(31)25-20-8-4-5-9-20/h1-3,6-7,10-13,20H,4-5,8-9,14-16H2,(H,25,31). The van der Waals surface area contributed by atoms with Gasteiger partial charge in [0.2, 0.25) is 17.6 Å². The topological polar surface area (TPSA) is 93.0 Å². The molecule has 32 heavy (non-hydrogen) atoms. The van der Waals surface area contributed by atoms with Crippen molar-refractivity contribution in [2.24, 2.45) is 0 Å². The fourth-order valence-corrected chi connectivity index (χ4v) is 3.80. The molecule has 4 rings (SSSR count). The lowest BCUT2D eigenvalue weighted by Crippen LogP contribution is -2.44. The van der Waals surface area contributed by atoms with Gasteiger partial charge in [0.05, 0.1) is 6.54 Å². The van der Waals surface area contributed by atoms with E-state index in [1.165, 1.54) is 21.8 Å². The first kappa shape index (κ1) is 21.6. The normalized spacial score (nSPS) is 13.8. The first-order valence-corrected chi connectivity index (χ1v) is 10.7. The number of nitrogens with zero attached hydrogens (tertiary/aromatic N) is 5. The minimum absolute atomic E-state index is 0.0380. The predicted octanol–water partition coefficient (Wildman–Crippen LogP) is 2.57. The number of halogens is 1. The van der Waals surface area contributed by atoms with Crippen LogP contribution in [0.1, 0.15) is 31.2 Å². The molecule has 8 nitrogen and oxygen atoms in total. The van der Waals surface area contributed by atoms with E-state index in [2.05, 4.69) is 20.7 Å². The number of nitrogens with one attached hydrogen (secondary N) is 1. The highest BCUT2D eigenvalue weighted by molar-refractivity contribution is 5.84. The number of aromatic nitrogens is 4. The number of carbonyl (C=O) groups is 2. The number of hydrogen-bond acceptors (Lipinski definition) is 5. The lowest BCUT2D eigenvalue weighted by atomic mass is 10.2. The fraction of sp³-hybridized carbons (Fsp3) is 0.348. The molecule has 0 saturated heterocycles. The van der Waals surface area contributed by atoms with E-state index in [0.717, 1.165) is 31.2 Å². The Labute approximate surface area is 185 Å². The van der Waals surface area contributed by atoms with E-state index in [1.807, 2.05) is 30.3 Å². The Balaban J connectivity index is 1.44. The van der Waals surface area contributed by atoms with Gasteiger partial charge in [-0.3, -0.25) is 9.59 Å². The van der Waals surface area contributed by atoms with Crippen molar-refractivity contribution >= 4 is 11.8 Å². The van der Waals surface area contributed by atoms with Gasteiger partial charge in [-0.1, -0.05) is 43.2 Å². The van der Waals surface area contributed by atoms with E-state index in [-0.39, 0.29) is 36.8 Å². The summed E-state index contributed by atoms with van der Waals surface area (Å²) in [6, 6.07) is 15.4. The zero-order valence-electron chi connectivity index (χ0n) is 17.7. The van der Waals surface area contributed by atoms with Crippen LogP contribution in [0.4, 0.5) is 4.39 Å². The number of carbonyl (C=O) groups excluding carboxylic acids is 2. The Kier molecular flexibility index (Phi) is 6.84. The molecular weight excluding hydrogens is 411 g/mol. The van der Waals surface area contributed by atoms with Crippen molar-refractivity contribution in [3.05, 3.63) is 66.0 Å².